The van der Waals surface area contributed by atoms with Crippen LogP contribution in [0.25, 0.3) is 0 Å². The summed E-state index contributed by atoms with van der Waals surface area (Å²) in [6.45, 7) is 5.90. The van der Waals surface area contributed by atoms with Crippen LogP contribution in [0.15, 0.2) is 40.7 Å². The molecule has 0 saturated carbocycles. The number of aliphatic hydroxyl groups is 1. The van der Waals surface area contributed by atoms with Gasteiger partial charge in [0.1, 0.15) is 0 Å². The largest absolute Gasteiger partial charge is 0.387 e. The number of hydrogen-bond donors (Lipinski definition) is 3. The maximum absolute atomic E-state index is 10.2. The van der Waals surface area contributed by atoms with E-state index in [1.54, 1.807) is 23.5 Å². The fourth-order valence-electron chi connectivity index (χ4n) is 2.05. The van der Waals surface area contributed by atoms with Gasteiger partial charge in [-0.25, -0.2) is 4.99 Å². The van der Waals surface area contributed by atoms with Gasteiger partial charge in [-0.2, -0.15) is 0 Å². The Bertz CT molecular complexity index is 640. The van der Waals surface area contributed by atoms with E-state index in [0.29, 0.717) is 24.1 Å². The van der Waals surface area contributed by atoms with Gasteiger partial charge in [-0.05, 0) is 48.6 Å². The van der Waals surface area contributed by atoms with E-state index in [2.05, 4.69) is 34.0 Å². The molecule has 0 aliphatic rings. The molecule has 2 aromatic rings. The Morgan fingerprint density at radius 1 is 1.26 bits per heavy atom. The van der Waals surface area contributed by atoms with Crippen molar-refractivity contribution in [3.05, 3.63) is 56.7 Å². The number of aliphatic hydroxyl groups excluding tert-OH is 1. The molecule has 0 radical (unpaired) electrons. The second kappa shape index (κ2) is 8.91. The van der Waals surface area contributed by atoms with Crippen LogP contribution in [0.4, 0.5) is 0 Å². The van der Waals surface area contributed by atoms with Crippen LogP contribution in [0.3, 0.4) is 0 Å². The van der Waals surface area contributed by atoms with Gasteiger partial charge in [-0.15, -0.1) is 11.3 Å². The second-order valence-electron chi connectivity index (χ2n) is 5.17. The molecule has 1 heterocycles. The highest BCUT2D eigenvalue weighted by Gasteiger charge is 2.08. The zero-order valence-corrected chi connectivity index (χ0v) is 14.9. The molecule has 2 rings (SSSR count). The van der Waals surface area contributed by atoms with Crippen molar-refractivity contribution < 1.29 is 5.11 Å². The van der Waals surface area contributed by atoms with Gasteiger partial charge < -0.3 is 15.7 Å². The summed E-state index contributed by atoms with van der Waals surface area (Å²) in [7, 11) is 0. The highest BCUT2D eigenvalue weighted by molar-refractivity contribution is 7.10. The maximum Gasteiger partial charge on any atom is 0.191 e. The van der Waals surface area contributed by atoms with Crippen LogP contribution in [0, 0.1) is 6.92 Å². The minimum atomic E-state index is -0.611. The van der Waals surface area contributed by atoms with Gasteiger partial charge in [0.15, 0.2) is 5.96 Å². The molecule has 124 valence electrons. The molecule has 1 unspecified atom stereocenters. The van der Waals surface area contributed by atoms with E-state index in [1.807, 2.05) is 19.1 Å². The summed E-state index contributed by atoms with van der Waals surface area (Å²) in [6, 6.07) is 9.31. The molecule has 1 atom stereocenters. The number of hydrogen-bond acceptors (Lipinski definition) is 3. The van der Waals surface area contributed by atoms with Crippen molar-refractivity contribution in [2.24, 2.45) is 4.99 Å². The molecule has 1 aromatic carbocycles. The van der Waals surface area contributed by atoms with Gasteiger partial charge in [0.25, 0.3) is 0 Å². The Balaban J connectivity index is 1.93. The number of nitrogens with zero attached hydrogens (tertiary/aromatic N) is 1. The van der Waals surface area contributed by atoms with Crippen LogP contribution >= 0.6 is 22.9 Å². The van der Waals surface area contributed by atoms with Crippen molar-refractivity contribution >= 4 is 28.9 Å². The summed E-state index contributed by atoms with van der Waals surface area (Å²) < 4.78 is 0. The molecule has 4 nitrogen and oxygen atoms in total. The van der Waals surface area contributed by atoms with Crippen LogP contribution in [-0.2, 0) is 6.54 Å². The molecule has 0 spiro atoms. The number of aliphatic imine (C=N–C) groups is 1. The van der Waals surface area contributed by atoms with E-state index in [0.717, 1.165) is 12.1 Å². The minimum Gasteiger partial charge on any atom is -0.387 e. The fourth-order valence-corrected chi connectivity index (χ4v) is 3.01. The van der Waals surface area contributed by atoms with Crippen LogP contribution in [-0.4, -0.2) is 24.2 Å². The zero-order chi connectivity index (χ0) is 16.7. The summed E-state index contributed by atoms with van der Waals surface area (Å²) in [5.41, 5.74) is 2.09. The van der Waals surface area contributed by atoms with E-state index >= 15 is 0 Å². The van der Waals surface area contributed by atoms with Gasteiger partial charge in [0.05, 0.1) is 12.6 Å². The topological polar surface area (TPSA) is 56.7 Å². The first-order chi connectivity index (χ1) is 11.1. The van der Waals surface area contributed by atoms with Crippen LogP contribution in [0.1, 0.15) is 29.0 Å². The molecule has 0 aliphatic carbocycles. The number of aryl methyl sites for hydroxylation is 1. The first kappa shape index (κ1) is 17.8. The lowest BCUT2D eigenvalue weighted by molar-refractivity contribution is 0.181. The highest BCUT2D eigenvalue weighted by atomic mass is 35.5. The summed E-state index contributed by atoms with van der Waals surface area (Å²) in [5.74, 6) is 0.702. The van der Waals surface area contributed by atoms with Crippen molar-refractivity contribution in [1.82, 2.24) is 10.6 Å². The third-order valence-electron chi connectivity index (χ3n) is 3.41. The number of nitrogens with one attached hydrogen (secondary N) is 2. The summed E-state index contributed by atoms with van der Waals surface area (Å²) >= 11 is 7.57. The van der Waals surface area contributed by atoms with E-state index in [4.69, 9.17) is 11.6 Å². The van der Waals surface area contributed by atoms with Crippen LogP contribution < -0.4 is 10.6 Å². The van der Waals surface area contributed by atoms with E-state index in [-0.39, 0.29) is 0 Å². The predicted octanol–water partition coefficient (Wildman–Crippen LogP) is 3.50. The molecule has 0 fully saturated rings. The van der Waals surface area contributed by atoms with Crippen molar-refractivity contribution in [3.8, 4) is 0 Å². The number of benzene rings is 1. The monoisotopic (exact) mass is 351 g/mol. The standard InChI is InChI=1S/C17H22ClN3OS/c1-3-19-17(21-11-16-12(2)8-9-23-16)20-10-15(22)13-4-6-14(18)7-5-13/h4-9,15,22H,3,10-11H2,1-2H3,(H2,19,20,21). The first-order valence-electron chi connectivity index (χ1n) is 7.58. The first-order valence-corrected chi connectivity index (χ1v) is 8.84. The Kier molecular flexibility index (Phi) is 6.89. The van der Waals surface area contributed by atoms with Crippen LogP contribution in [0.5, 0.6) is 0 Å². The molecule has 3 N–H and O–H groups in total. The zero-order valence-electron chi connectivity index (χ0n) is 13.3. The lowest BCUT2D eigenvalue weighted by Crippen LogP contribution is -2.39. The Morgan fingerprint density at radius 2 is 2.00 bits per heavy atom. The molecule has 0 saturated heterocycles. The maximum atomic E-state index is 10.2. The second-order valence-corrected chi connectivity index (χ2v) is 6.61. The lowest BCUT2D eigenvalue weighted by Gasteiger charge is -2.15. The average Bonchev–Trinajstić information content (AvgIpc) is 2.95. The molecule has 0 bridgehead atoms. The molecule has 23 heavy (non-hydrogen) atoms. The number of rotatable bonds is 6. The van der Waals surface area contributed by atoms with Gasteiger partial charge in [0.2, 0.25) is 0 Å². The summed E-state index contributed by atoms with van der Waals surface area (Å²) in [5, 5.41) is 19.3. The Hall–Kier alpha value is -1.56. The van der Waals surface area contributed by atoms with Crippen molar-refractivity contribution in [2.75, 3.05) is 13.1 Å². The smallest absolute Gasteiger partial charge is 0.191 e. The van der Waals surface area contributed by atoms with Crippen molar-refractivity contribution in [3.63, 3.8) is 0 Å². The number of halogens is 1. The van der Waals surface area contributed by atoms with E-state index in [1.165, 1.54) is 10.4 Å². The predicted molar refractivity (Wildman–Crippen MR) is 98.3 cm³/mol. The SMILES string of the molecule is CCNC(=NCc1sccc1C)NCC(O)c1ccc(Cl)cc1. The highest BCUT2D eigenvalue weighted by Crippen LogP contribution is 2.17. The van der Waals surface area contributed by atoms with Gasteiger partial charge in [-0.1, -0.05) is 23.7 Å². The fraction of sp³-hybridized carbons (Fsp3) is 0.353. The normalized spacial score (nSPS) is 13.0. The molecule has 6 heteroatoms. The number of guanidine groups is 1. The van der Waals surface area contributed by atoms with Crippen LogP contribution in [0.2, 0.25) is 5.02 Å². The summed E-state index contributed by atoms with van der Waals surface area (Å²) in [4.78, 5) is 5.82. The average molecular weight is 352 g/mol. The molecule has 1 aromatic heterocycles. The Morgan fingerprint density at radius 3 is 2.61 bits per heavy atom. The summed E-state index contributed by atoms with van der Waals surface area (Å²) in [6.07, 6.45) is -0.611. The van der Waals surface area contributed by atoms with E-state index in [9.17, 15) is 5.11 Å². The molecule has 0 amide bonds. The molecular weight excluding hydrogens is 330 g/mol. The number of thiophene rings is 1. The van der Waals surface area contributed by atoms with Gasteiger partial charge in [0, 0.05) is 23.0 Å². The minimum absolute atomic E-state index is 0.386. The molecular formula is C17H22ClN3OS. The molecule has 0 aliphatic heterocycles. The van der Waals surface area contributed by atoms with Crippen molar-refractivity contribution in [1.29, 1.82) is 0 Å². The lowest BCUT2D eigenvalue weighted by atomic mass is 10.1. The van der Waals surface area contributed by atoms with Crippen molar-refractivity contribution in [2.45, 2.75) is 26.5 Å². The van der Waals surface area contributed by atoms with Gasteiger partial charge in [-0.3, -0.25) is 0 Å². The van der Waals surface area contributed by atoms with Gasteiger partial charge >= 0.3 is 0 Å². The van der Waals surface area contributed by atoms with E-state index < -0.39 is 6.10 Å². The third-order valence-corrected chi connectivity index (χ3v) is 4.67. The Labute approximate surface area is 146 Å². The third kappa shape index (κ3) is 5.53. The quantitative estimate of drug-likeness (QED) is 0.551.